The molecular weight excluding hydrogens is 502 g/mol. The van der Waals surface area contributed by atoms with E-state index in [2.05, 4.69) is 20.5 Å². The average molecular weight is 532 g/mol. The molecule has 12 heteroatoms. The lowest BCUT2D eigenvalue weighted by Gasteiger charge is -2.31. The van der Waals surface area contributed by atoms with Crippen LogP contribution in [0.15, 0.2) is 58.6 Å². The van der Waals surface area contributed by atoms with Crippen LogP contribution in [-0.2, 0) is 14.8 Å². The van der Waals surface area contributed by atoms with Crippen molar-refractivity contribution >= 4 is 27.7 Å². The van der Waals surface area contributed by atoms with E-state index >= 15 is 0 Å². The van der Waals surface area contributed by atoms with Crippen LogP contribution in [0.4, 0.5) is 0 Å². The van der Waals surface area contributed by atoms with Gasteiger partial charge in [0.15, 0.2) is 5.82 Å². The van der Waals surface area contributed by atoms with Gasteiger partial charge in [0.1, 0.15) is 16.4 Å². The summed E-state index contributed by atoms with van der Waals surface area (Å²) in [5, 5.41) is 10.7. The minimum atomic E-state index is -3.86. The van der Waals surface area contributed by atoms with Gasteiger partial charge in [0.2, 0.25) is 21.1 Å². The standard InChI is InChI=1S/C24H29N5O5S2/c1-33-19-10-11-20(34-2)21(15-19)36(31,32)29-13-6-9-18(16-29)23(30)25-12-14-35-24-26-22(27-28-24)17-7-4-3-5-8-17/h3-5,7-8,10-11,15,18H,6,9,12-14,16H2,1-2H3,(H,25,30)(H,26,27,28)/t18-/m1/s1. The number of hydrogen-bond donors (Lipinski definition) is 2. The molecule has 1 aliphatic heterocycles. The Kier molecular flexibility index (Phi) is 8.49. The predicted octanol–water partition coefficient (Wildman–Crippen LogP) is 2.80. The van der Waals surface area contributed by atoms with Gasteiger partial charge < -0.3 is 14.8 Å². The van der Waals surface area contributed by atoms with Crippen molar-refractivity contribution in [3.63, 3.8) is 0 Å². The Bertz CT molecular complexity index is 1280. The maximum Gasteiger partial charge on any atom is 0.246 e. The van der Waals surface area contributed by atoms with Gasteiger partial charge in [-0.25, -0.2) is 13.4 Å². The molecule has 2 aromatic carbocycles. The van der Waals surface area contributed by atoms with E-state index < -0.39 is 15.9 Å². The summed E-state index contributed by atoms with van der Waals surface area (Å²) in [6.45, 7) is 0.881. The molecule has 36 heavy (non-hydrogen) atoms. The first-order valence-corrected chi connectivity index (χ1v) is 14.0. The van der Waals surface area contributed by atoms with E-state index in [1.165, 1.54) is 36.4 Å². The van der Waals surface area contributed by atoms with Gasteiger partial charge in [-0.2, -0.15) is 4.31 Å². The molecular formula is C24H29N5O5S2. The number of nitrogens with one attached hydrogen (secondary N) is 2. The van der Waals surface area contributed by atoms with Crippen LogP contribution in [0.3, 0.4) is 0 Å². The molecule has 0 bridgehead atoms. The van der Waals surface area contributed by atoms with Crippen LogP contribution in [0.2, 0.25) is 0 Å². The number of nitrogens with zero attached hydrogens (tertiary/aromatic N) is 3. The fraction of sp³-hybridized carbons (Fsp3) is 0.375. The molecule has 1 saturated heterocycles. The minimum Gasteiger partial charge on any atom is -0.497 e. The number of benzene rings is 2. The van der Waals surface area contributed by atoms with Crippen molar-refractivity contribution in [2.45, 2.75) is 22.9 Å². The predicted molar refractivity (Wildman–Crippen MR) is 137 cm³/mol. The highest BCUT2D eigenvalue weighted by Crippen LogP contribution is 2.32. The maximum absolute atomic E-state index is 13.4. The van der Waals surface area contributed by atoms with E-state index in [4.69, 9.17) is 9.47 Å². The van der Waals surface area contributed by atoms with Gasteiger partial charge >= 0.3 is 0 Å². The Hall–Kier alpha value is -3.09. The number of hydrogen-bond acceptors (Lipinski definition) is 8. The Labute approximate surface area is 214 Å². The highest BCUT2D eigenvalue weighted by atomic mass is 32.2. The summed E-state index contributed by atoms with van der Waals surface area (Å²) in [6, 6.07) is 14.4. The number of carbonyl (C=O) groups is 1. The molecule has 0 aliphatic carbocycles. The number of aromatic nitrogens is 3. The van der Waals surface area contributed by atoms with Crippen molar-refractivity contribution in [1.82, 2.24) is 24.8 Å². The maximum atomic E-state index is 13.4. The Morgan fingerprint density at radius 3 is 2.75 bits per heavy atom. The molecule has 1 aromatic heterocycles. The Balaban J connectivity index is 1.31. The number of rotatable bonds is 10. The number of H-pyrrole nitrogens is 1. The molecule has 192 valence electrons. The van der Waals surface area contributed by atoms with Crippen molar-refractivity contribution in [2.75, 3.05) is 39.6 Å². The van der Waals surface area contributed by atoms with Gasteiger partial charge in [0, 0.05) is 37.0 Å². The molecule has 4 rings (SSSR count). The molecule has 10 nitrogen and oxygen atoms in total. The van der Waals surface area contributed by atoms with Crippen molar-refractivity contribution in [3.05, 3.63) is 48.5 Å². The quantitative estimate of drug-likeness (QED) is 0.302. The summed E-state index contributed by atoms with van der Waals surface area (Å²) in [6.07, 6.45) is 1.22. The van der Waals surface area contributed by atoms with Gasteiger partial charge in [-0.05, 0) is 25.0 Å². The zero-order chi connectivity index (χ0) is 25.5. The molecule has 1 fully saturated rings. The second kappa shape index (κ2) is 11.8. The number of ether oxygens (including phenoxy) is 2. The lowest BCUT2D eigenvalue weighted by atomic mass is 9.99. The fourth-order valence-electron chi connectivity index (χ4n) is 4.00. The molecule has 0 spiro atoms. The average Bonchev–Trinajstić information content (AvgIpc) is 3.40. The van der Waals surface area contributed by atoms with Crippen LogP contribution >= 0.6 is 11.8 Å². The number of methoxy groups -OCH3 is 2. The Morgan fingerprint density at radius 1 is 1.19 bits per heavy atom. The molecule has 0 radical (unpaired) electrons. The van der Waals surface area contributed by atoms with E-state index in [1.807, 2.05) is 30.3 Å². The first kappa shape index (κ1) is 26.0. The normalized spacial score (nSPS) is 16.4. The van der Waals surface area contributed by atoms with E-state index in [0.29, 0.717) is 48.4 Å². The van der Waals surface area contributed by atoms with Gasteiger partial charge in [-0.1, -0.05) is 42.1 Å². The number of piperidine rings is 1. The van der Waals surface area contributed by atoms with Gasteiger partial charge in [-0.15, -0.1) is 5.10 Å². The van der Waals surface area contributed by atoms with E-state index in [0.717, 1.165) is 5.56 Å². The smallest absolute Gasteiger partial charge is 0.246 e. The van der Waals surface area contributed by atoms with E-state index in [1.54, 1.807) is 12.1 Å². The molecule has 2 heterocycles. The highest BCUT2D eigenvalue weighted by Gasteiger charge is 2.35. The zero-order valence-corrected chi connectivity index (χ0v) is 21.8. The summed E-state index contributed by atoms with van der Waals surface area (Å²) < 4.78 is 38.5. The van der Waals surface area contributed by atoms with Crippen LogP contribution in [0.5, 0.6) is 11.5 Å². The van der Waals surface area contributed by atoms with Crippen molar-refractivity contribution in [1.29, 1.82) is 0 Å². The number of sulfonamides is 1. The summed E-state index contributed by atoms with van der Waals surface area (Å²) in [5.41, 5.74) is 0.952. The van der Waals surface area contributed by atoms with Gasteiger partial charge in [0.05, 0.1) is 20.1 Å². The first-order valence-electron chi connectivity index (χ1n) is 11.5. The number of amides is 1. The van der Waals surface area contributed by atoms with Crippen LogP contribution in [0, 0.1) is 5.92 Å². The van der Waals surface area contributed by atoms with E-state index in [-0.39, 0.29) is 23.1 Å². The van der Waals surface area contributed by atoms with E-state index in [9.17, 15) is 13.2 Å². The third-order valence-corrected chi connectivity index (χ3v) is 8.62. The van der Waals surface area contributed by atoms with Gasteiger partial charge in [-0.3, -0.25) is 9.89 Å². The molecule has 2 N–H and O–H groups in total. The second-order valence-corrected chi connectivity index (χ2v) is 11.2. The van der Waals surface area contributed by atoms with Crippen LogP contribution in [-0.4, -0.2) is 73.4 Å². The lowest BCUT2D eigenvalue weighted by molar-refractivity contribution is -0.125. The first-order chi connectivity index (χ1) is 17.4. The molecule has 0 unspecified atom stereocenters. The third-order valence-electron chi connectivity index (χ3n) is 5.89. The summed E-state index contributed by atoms with van der Waals surface area (Å²) in [5.74, 6) is 1.35. The zero-order valence-electron chi connectivity index (χ0n) is 20.1. The largest absolute Gasteiger partial charge is 0.497 e. The molecule has 1 atom stereocenters. The number of carbonyl (C=O) groups excluding carboxylic acids is 1. The molecule has 1 amide bonds. The molecule has 3 aromatic rings. The highest BCUT2D eigenvalue weighted by molar-refractivity contribution is 7.99. The third kappa shape index (κ3) is 6.00. The van der Waals surface area contributed by atoms with Crippen molar-refractivity contribution in [2.24, 2.45) is 5.92 Å². The summed E-state index contributed by atoms with van der Waals surface area (Å²) in [7, 11) is -0.964. The lowest BCUT2D eigenvalue weighted by Crippen LogP contribution is -2.45. The van der Waals surface area contributed by atoms with Crippen molar-refractivity contribution < 1.29 is 22.7 Å². The van der Waals surface area contributed by atoms with Crippen LogP contribution in [0.25, 0.3) is 11.4 Å². The fourth-order valence-corrected chi connectivity index (χ4v) is 6.34. The summed E-state index contributed by atoms with van der Waals surface area (Å²) in [4.78, 5) is 17.3. The van der Waals surface area contributed by atoms with Crippen molar-refractivity contribution in [3.8, 4) is 22.9 Å². The number of thioether (sulfide) groups is 1. The number of aromatic amines is 1. The van der Waals surface area contributed by atoms with Crippen LogP contribution in [0.1, 0.15) is 12.8 Å². The topological polar surface area (TPSA) is 127 Å². The SMILES string of the molecule is COc1ccc(OC)c(S(=O)(=O)N2CCC[C@@H](C(=O)NCCSc3n[nH]c(-c4ccccc4)n3)C2)c1. The summed E-state index contributed by atoms with van der Waals surface area (Å²) >= 11 is 1.43. The molecule has 1 aliphatic rings. The minimum absolute atomic E-state index is 0.0307. The van der Waals surface area contributed by atoms with Crippen LogP contribution < -0.4 is 14.8 Å². The monoisotopic (exact) mass is 531 g/mol. The second-order valence-electron chi connectivity index (χ2n) is 8.19. The van der Waals surface area contributed by atoms with Gasteiger partial charge in [0.25, 0.3) is 0 Å². The Morgan fingerprint density at radius 2 is 2.00 bits per heavy atom. The molecule has 0 saturated carbocycles.